The Kier molecular flexibility index (Phi) is 6.43. The summed E-state index contributed by atoms with van der Waals surface area (Å²) in [7, 11) is 0. The van der Waals surface area contributed by atoms with Gasteiger partial charge in [-0.2, -0.15) is 13.2 Å². The molecule has 2 aromatic rings. The van der Waals surface area contributed by atoms with Gasteiger partial charge < -0.3 is 10.8 Å². The Hall–Kier alpha value is -1.21. The van der Waals surface area contributed by atoms with Gasteiger partial charge in [0.2, 0.25) is 0 Å². The molecular weight excluding hydrogens is 371 g/mol. The second-order valence-electron chi connectivity index (χ2n) is 6.19. The Bertz CT molecular complexity index is 735. The SMILES string of the molecule is C[C@](N)(CO)CCc1ccc(Sc2cccc(C(F)(F)F)c2)cc1Cl. The first-order valence-electron chi connectivity index (χ1n) is 7.64. The molecule has 0 spiro atoms. The van der Waals surface area contributed by atoms with Crippen molar-refractivity contribution in [3.8, 4) is 0 Å². The predicted octanol–water partition coefficient (Wildman–Crippen LogP) is 5.15. The number of aliphatic hydroxyl groups is 1. The number of hydrogen-bond donors (Lipinski definition) is 2. The van der Waals surface area contributed by atoms with E-state index < -0.39 is 17.3 Å². The molecule has 2 rings (SSSR count). The van der Waals surface area contributed by atoms with Gasteiger partial charge in [0.15, 0.2) is 0 Å². The number of alkyl halides is 3. The van der Waals surface area contributed by atoms with Gasteiger partial charge >= 0.3 is 6.18 Å². The molecular formula is C18H19ClF3NOS. The van der Waals surface area contributed by atoms with Gasteiger partial charge in [-0.3, -0.25) is 0 Å². The van der Waals surface area contributed by atoms with Crippen LogP contribution in [0.15, 0.2) is 52.3 Å². The zero-order valence-electron chi connectivity index (χ0n) is 13.6. The fraction of sp³-hybridized carbons (Fsp3) is 0.333. The minimum atomic E-state index is -4.36. The second-order valence-corrected chi connectivity index (χ2v) is 7.75. The lowest BCUT2D eigenvalue weighted by Crippen LogP contribution is -2.40. The minimum Gasteiger partial charge on any atom is -0.394 e. The summed E-state index contributed by atoms with van der Waals surface area (Å²) in [6.45, 7) is 1.65. The van der Waals surface area contributed by atoms with Crippen molar-refractivity contribution in [3.63, 3.8) is 0 Å². The fourth-order valence-corrected chi connectivity index (χ4v) is 3.42. The van der Waals surface area contributed by atoms with Gasteiger partial charge in [-0.15, -0.1) is 0 Å². The highest BCUT2D eigenvalue weighted by Crippen LogP contribution is 2.35. The number of halogens is 4. The molecule has 0 aliphatic rings. The van der Waals surface area contributed by atoms with Crippen LogP contribution in [0, 0.1) is 0 Å². The molecule has 0 bridgehead atoms. The normalized spacial score (nSPS) is 14.4. The van der Waals surface area contributed by atoms with E-state index in [4.69, 9.17) is 17.3 Å². The summed E-state index contributed by atoms with van der Waals surface area (Å²) >= 11 is 7.49. The number of hydrogen-bond acceptors (Lipinski definition) is 3. The number of benzene rings is 2. The van der Waals surface area contributed by atoms with Crippen LogP contribution < -0.4 is 5.73 Å². The molecule has 0 heterocycles. The molecule has 0 saturated carbocycles. The summed E-state index contributed by atoms with van der Waals surface area (Å²) in [5, 5.41) is 9.72. The second kappa shape index (κ2) is 7.99. The fourth-order valence-electron chi connectivity index (χ4n) is 2.17. The third kappa shape index (κ3) is 5.92. The van der Waals surface area contributed by atoms with Crippen LogP contribution in [0.3, 0.4) is 0 Å². The van der Waals surface area contributed by atoms with E-state index in [1.807, 2.05) is 12.1 Å². The maximum atomic E-state index is 12.8. The average Bonchev–Trinajstić information content (AvgIpc) is 2.53. The molecule has 0 aliphatic carbocycles. The Balaban J connectivity index is 2.11. The van der Waals surface area contributed by atoms with Crippen LogP contribution in [0.4, 0.5) is 13.2 Å². The van der Waals surface area contributed by atoms with Gasteiger partial charge in [0.05, 0.1) is 12.2 Å². The molecule has 2 aromatic carbocycles. The zero-order valence-corrected chi connectivity index (χ0v) is 15.2. The lowest BCUT2D eigenvalue weighted by atomic mass is 9.95. The highest BCUT2D eigenvalue weighted by atomic mass is 35.5. The maximum Gasteiger partial charge on any atom is 0.416 e. The van der Waals surface area contributed by atoms with Gasteiger partial charge in [-0.05, 0) is 55.7 Å². The van der Waals surface area contributed by atoms with Crippen molar-refractivity contribution in [2.45, 2.75) is 41.3 Å². The third-order valence-corrected chi connectivity index (χ3v) is 5.08. The third-order valence-electron chi connectivity index (χ3n) is 3.75. The van der Waals surface area contributed by atoms with E-state index in [-0.39, 0.29) is 6.61 Å². The molecule has 0 radical (unpaired) electrons. The number of rotatable bonds is 6. The average molecular weight is 390 g/mol. The first-order chi connectivity index (χ1) is 11.6. The van der Waals surface area contributed by atoms with E-state index in [2.05, 4.69) is 0 Å². The molecule has 0 aromatic heterocycles. The molecule has 1 atom stereocenters. The minimum absolute atomic E-state index is 0.117. The molecule has 3 N–H and O–H groups in total. The molecule has 2 nitrogen and oxygen atoms in total. The monoisotopic (exact) mass is 389 g/mol. The van der Waals surface area contributed by atoms with E-state index in [9.17, 15) is 18.3 Å². The van der Waals surface area contributed by atoms with Crippen molar-refractivity contribution in [2.24, 2.45) is 5.73 Å². The summed E-state index contributed by atoms with van der Waals surface area (Å²) in [5.74, 6) is 0. The topological polar surface area (TPSA) is 46.2 Å². The molecule has 136 valence electrons. The van der Waals surface area contributed by atoms with Crippen molar-refractivity contribution in [2.75, 3.05) is 6.61 Å². The van der Waals surface area contributed by atoms with Crippen molar-refractivity contribution in [1.29, 1.82) is 0 Å². The quantitative estimate of drug-likeness (QED) is 0.718. The number of aryl methyl sites for hydroxylation is 1. The summed E-state index contributed by atoms with van der Waals surface area (Å²) in [4.78, 5) is 1.25. The number of aliphatic hydroxyl groups excluding tert-OH is 1. The number of nitrogens with two attached hydrogens (primary N) is 1. The van der Waals surface area contributed by atoms with Crippen LogP contribution >= 0.6 is 23.4 Å². The molecule has 7 heteroatoms. The Morgan fingerprint density at radius 2 is 1.80 bits per heavy atom. The predicted molar refractivity (Wildman–Crippen MR) is 95.0 cm³/mol. The summed E-state index contributed by atoms with van der Waals surface area (Å²) in [6.07, 6.45) is -3.18. The lowest BCUT2D eigenvalue weighted by Gasteiger charge is -2.21. The lowest BCUT2D eigenvalue weighted by molar-refractivity contribution is -0.137. The van der Waals surface area contributed by atoms with Gasteiger partial charge in [0, 0.05) is 20.4 Å². The molecule has 0 unspecified atom stereocenters. The standard InChI is InChI=1S/C18H19ClF3NOS/c1-17(23,11-24)8-7-12-5-6-15(10-16(12)19)25-14-4-2-3-13(9-14)18(20,21)22/h2-6,9-10,24H,7-8,11,23H2,1H3/t17-/m1/s1. The van der Waals surface area contributed by atoms with Crippen LogP contribution in [0.1, 0.15) is 24.5 Å². The van der Waals surface area contributed by atoms with E-state index in [0.29, 0.717) is 22.8 Å². The van der Waals surface area contributed by atoms with Gasteiger partial charge in [0.25, 0.3) is 0 Å². The van der Waals surface area contributed by atoms with Gasteiger partial charge in [0.1, 0.15) is 0 Å². The van der Waals surface area contributed by atoms with Gasteiger partial charge in [-0.1, -0.05) is 35.5 Å². The van der Waals surface area contributed by atoms with Crippen LogP contribution in [-0.2, 0) is 12.6 Å². The Morgan fingerprint density at radius 1 is 1.12 bits per heavy atom. The highest BCUT2D eigenvalue weighted by Gasteiger charge is 2.30. The Morgan fingerprint density at radius 3 is 2.40 bits per heavy atom. The van der Waals surface area contributed by atoms with Crippen LogP contribution in [0.25, 0.3) is 0 Å². The van der Waals surface area contributed by atoms with E-state index in [1.165, 1.54) is 17.8 Å². The summed E-state index contributed by atoms with van der Waals surface area (Å²) in [5.41, 5.74) is 5.45. The first-order valence-corrected chi connectivity index (χ1v) is 8.83. The van der Waals surface area contributed by atoms with Crippen molar-refractivity contribution < 1.29 is 18.3 Å². The van der Waals surface area contributed by atoms with Crippen molar-refractivity contribution in [1.82, 2.24) is 0 Å². The smallest absolute Gasteiger partial charge is 0.394 e. The van der Waals surface area contributed by atoms with Crippen molar-refractivity contribution in [3.05, 3.63) is 58.6 Å². The van der Waals surface area contributed by atoms with Crippen molar-refractivity contribution >= 4 is 23.4 Å². The van der Waals surface area contributed by atoms with E-state index >= 15 is 0 Å². The first kappa shape index (κ1) is 20.1. The largest absolute Gasteiger partial charge is 0.416 e. The van der Waals surface area contributed by atoms with Gasteiger partial charge in [-0.25, -0.2) is 0 Å². The molecule has 0 fully saturated rings. The van der Waals surface area contributed by atoms with Crippen LogP contribution in [0.2, 0.25) is 5.02 Å². The maximum absolute atomic E-state index is 12.8. The van der Waals surface area contributed by atoms with Crippen LogP contribution in [0.5, 0.6) is 0 Å². The summed E-state index contributed by atoms with van der Waals surface area (Å²) < 4.78 is 38.3. The molecule has 0 saturated heterocycles. The van der Waals surface area contributed by atoms with Crippen LogP contribution in [-0.4, -0.2) is 17.3 Å². The van der Waals surface area contributed by atoms with E-state index in [1.54, 1.807) is 19.1 Å². The highest BCUT2D eigenvalue weighted by molar-refractivity contribution is 7.99. The molecule has 0 amide bonds. The molecule has 25 heavy (non-hydrogen) atoms. The zero-order chi connectivity index (χ0) is 18.7. The summed E-state index contributed by atoms with van der Waals surface area (Å²) in [6, 6.07) is 10.6. The molecule has 0 aliphatic heterocycles. The Labute approximate surface area is 154 Å². The van der Waals surface area contributed by atoms with E-state index in [0.717, 1.165) is 22.6 Å².